The quantitative estimate of drug-likeness (QED) is 0.900. The van der Waals surface area contributed by atoms with E-state index < -0.39 is 5.82 Å². The van der Waals surface area contributed by atoms with Crippen LogP contribution in [0, 0.1) is 12.7 Å². The SMILES string of the molecule is CNCc1ccnc(Oc2ccc(C)cc2)c1F. The van der Waals surface area contributed by atoms with Crippen LogP contribution in [0.15, 0.2) is 36.5 Å². The first-order valence-corrected chi connectivity index (χ1v) is 5.73. The van der Waals surface area contributed by atoms with Gasteiger partial charge in [0.1, 0.15) is 5.75 Å². The first-order chi connectivity index (χ1) is 8.70. The van der Waals surface area contributed by atoms with Crippen LogP contribution in [0.4, 0.5) is 4.39 Å². The highest BCUT2D eigenvalue weighted by atomic mass is 19.1. The number of hydrogen-bond acceptors (Lipinski definition) is 3. The number of nitrogens with zero attached hydrogens (tertiary/aromatic N) is 1. The molecule has 0 saturated heterocycles. The van der Waals surface area contributed by atoms with Crippen molar-refractivity contribution in [2.24, 2.45) is 0 Å². The van der Waals surface area contributed by atoms with Crippen LogP contribution >= 0.6 is 0 Å². The van der Waals surface area contributed by atoms with Crippen molar-refractivity contribution in [3.8, 4) is 11.6 Å². The van der Waals surface area contributed by atoms with Crippen LogP contribution in [-0.4, -0.2) is 12.0 Å². The Labute approximate surface area is 106 Å². The van der Waals surface area contributed by atoms with E-state index in [1.165, 1.54) is 0 Å². The summed E-state index contributed by atoms with van der Waals surface area (Å²) in [7, 11) is 1.76. The monoisotopic (exact) mass is 246 g/mol. The van der Waals surface area contributed by atoms with Gasteiger partial charge in [-0.25, -0.2) is 9.37 Å². The van der Waals surface area contributed by atoms with Crippen LogP contribution in [-0.2, 0) is 6.54 Å². The van der Waals surface area contributed by atoms with Crippen molar-refractivity contribution in [3.05, 3.63) is 53.5 Å². The van der Waals surface area contributed by atoms with E-state index in [0.29, 0.717) is 17.9 Å². The predicted molar refractivity (Wildman–Crippen MR) is 68.2 cm³/mol. The number of halogens is 1. The molecule has 4 heteroatoms. The molecule has 2 aromatic rings. The second-order valence-electron chi connectivity index (χ2n) is 4.03. The fraction of sp³-hybridized carbons (Fsp3) is 0.214. The summed E-state index contributed by atoms with van der Waals surface area (Å²) >= 11 is 0. The van der Waals surface area contributed by atoms with Crippen LogP contribution < -0.4 is 10.1 Å². The molecule has 0 saturated carbocycles. The molecule has 0 unspecified atom stereocenters. The van der Waals surface area contributed by atoms with E-state index in [-0.39, 0.29) is 5.88 Å². The van der Waals surface area contributed by atoms with Gasteiger partial charge >= 0.3 is 0 Å². The number of aromatic nitrogens is 1. The second-order valence-corrected chi connectivity index (χ2v) is 4.03. The number of pyridine rings is 1. The Hall–Kier alpha value is -1.94. The molecule has 0 aliphatic heterocycles. The van der Waals surface area contributed by atoms with Gasteiger partial charge in [-0.2, -0.15) is 0 Å². The summed E-state index contributed by atoms with van der Waals surface area (Å²) in [4.78, 5) is 3.91. The summed E-state index contributed by atoms with van der Waals surface area (Å²) in [6.45, 7) is 2.43. The Kier molecular flexibility index (Phi) is 3.89. The van der Waals surface area contributed by atoms with Gasteiger partial charge in [-0.05, 0) is 32.2 Å². The van der Waals surface area contributed by atoms with Gasteiger partial charge in [-0.3, -0.25) is 0 Å². The number of hydrogen-bond donors (Lipinski definition) is 1. The van der Waals surface area contributed by atoms with Crippen molar-refractivity contribution in [2.45, 2.75) is 13.5 Å². The van der Waals surface area contributed by atoms with Crippen molar-refractivity contribution in [2.75, 3.05) is 7.05 Å². The largest absolute Gasteiger partial charge is 0.436 e. The molecule has 0 spiro atoms. The molecule has 0 bridgehead atoms. The molecule has 18 heavy (non-hydrogen) atoms. The summed E-state index contributed by atoms with van der Waals surface area (Å²) in [6, 6.07) is 9.03. The van der Waals surface area contributed by atoms with Crippen molar-refractivity contribution in [3.63, 3.8) is 0 Å². The van der Waals surface area contributed by atoms with Gasteiger partial charge in [0.25, 0.3) is 5.88 Å². The maximum atomic E-state index is 14.0. The standard InChI is InChI=1S/C14H15FN2O/c1-10-3-5-12(6-4-10)18-14-13(15)11(9-16-2)7-8-17-14/h3-8,16H,9H2,1-2H3. The summed E-state index contributed by atoms with van der Waals surface area (Å²) < 4.78 is 19.4. The van der Waals surface area contributed by atoms with E-state index in [1.54, 1.807) is 31.4 Å². The van der Waals surface area contributed by atoms with Gasteiger partial charge < -0.3 is 10.1 Å². The van der Waals surface area contributed by atoms with Gasteiger partial charge in [0.15, 0.2) is 5.82 Å². The highest BCUT2D eigenvalue weighted by Crippen LogP contribution is 2.24. The third-order valence-corrected chi connectivity index (χ3v) is 2.54. The van der Waals surface area contributed by atoms with E-state index >= 15 is 0 Å². The van der Waals surface area contributed by atoms with Crippen molar-refractivity contribution >= 4 is 0 Å². The minimum Gasteiger partial charge on any atom is -0.436 e. The summed E-state index contributed by atoms with van der Waals surface area (Å²) in [5, 5.41) is 2.90. The number of aryl methyl sites for hydroxylation is 1. The zero-order chi connectivity index (χ0) is 13.0. The number of ether oxygens (including phenoxy) is 1. The lowest BCUT2D eigenvalue weighted by atomic mass is 10.2. The average molecular weight is 246 g/mol. The van der Waals surface area contributed by atoms with E-state index in [4.69, 9.17) is 4.74 Å². The minimum atomic E-state index is -0.424. The minimum absolute atomic E-state index is 0.00611. The van der Waals surface area contributed by atoms with E-state index in [2.05, 4.69) is 10.3 Å². The van der Waals surface area contributed by atoms with Gasteiger partial charge in [0.05, 0.1) is 0 Å². The smallest absolute Gasteiger partial charge is 0.256 e. The molecule has 94 valence electrons. The molecular formula is C14H15FN2O. The Bertz CT molecular complexity index is 526. The summed E-state index contributed by atoms with van der Waals surface area (Å²) in [5.74, 6) is 0.160. The topological polar surface area (TPSA) is 34.2 Å². The average Bonchev–Trinajstić information content (AvgIpc) is 2.37. The lowest BCUT2D eigenvalue weighted by molar-refractivity contribution is 0.418. The lowest BCUT2D eigenvalue weighted by Gasteiger charge is -2.08. The Morgan fingerprint density at radius 1 is 1.22 bits per heavy atom. The highest BCUT2D eigenvalue weighted by Gasteiger charge is 2.10. The van der Waals surface area contributed by atoms with E-state index in [0.717, 1.165) is 5.56 Å². The zero-order valence-electron chi connectivity index (χ0n) is 10.4. The fourth-order valence-electron chi connectivity index (χ4n) is 1.58. The third-order valence-electron chi connectivity index (χ3n) is 2.54. The molecule has 0 amide bonds. The molecule has 0 radical (unpaired) electrons. The molecule has 1 N–H and O–H groups in total. The van der Waals surface area contributed by atoms with Gasteiger partial charge in [-0.15, -0.1) is 0 Å². The highest BCUT2D eigenvalue weighted by molar-refractivity contribution is 5.32. The first kappa shape index (κ1) is 12.5. The number of nitrogens with one attached hydrogen (secondary N) is 1. The van der Waals surface area contributed by atoms with E-state index in [1.807, 2.05) is 19.1 Å². The molecule has 2 rings (SSSR count). The Morgan fingerprint density at radius 3 is 2.61 bits per heavy atom. The van der Waals surface area contributed by atoms with E-state index in [9.17, 15) is 4.39 Å². The Morgan fingerprint density at radius 2 is 1.94 bits per heavy atom. The van der Waals surface area contributed by atoms with Gasteiger partial charge in [0.2, 0.25) is 0 Å². The summed E-state index contributed by atoms with van der Waals surface area (Å²) in [5.41, 5.74) is 1.66. The van der Waals surface area contributed by atoms with Crippen LogP contribution in [0.25, 0.3) is 0 Å². The molecule has 0 fully saturated rings. The molecule has 1 aromatic carbocycles. The predicted octanol–water partition coefficient (Wildman–Crippen LogP) is 3.04. The van der Waals surface area contributed by atoms with Crippen LogP contribution in [0.3, 0.4) is 0 Å². The lowest BCUT2D eigenvalue weighted by Crippen LogP contribution is -2.08. The number of rotatable bonds is 4. The fourth-order valence-corrected chi connectivity index (χ4v) is 1.58. The molecule has 3 nitrogen and oxygen atoms in total. The second kappa shape index (κ2) is 5.60. The molecule has 0 atom stereocenters. The van der Waals surface area contributed by atoms with Gasteiger partial charge in [-0.1, -0.05) is 17.7 Å². The molecular weight excluding hydrogens is 231 g/mol. The number of benzene rings is 1. The third kappa shape index (κ3) is 2.84. The normalized spacial score (nSPS) is 10.4. The molecule has 0 aliphatic carbocycles. The zero-order valence-corrected chi connectivity index (χ0v) is 10.4. The maximum Gasteiger partial charge on any atom is 0.256 e. The van der Waals surface area contributed by atoms with Crippen molar-refractivity contribution in [1.29, 1.82) is 0 Å². The maximum absolute atomic E-state index is 14.0. The first-order valence-electron chi connectivity index (χ1n) is 5.73. The summed E-state index contributed by atoms with van der Waals surface area (Å²) in [6.07, 6.45) is 1.54. The van der Waals surface area contributed by atoms with Crippen LogP contribution in [0.5, 0.6) is 11.6 Å². The van der Waals surface area contributed by atoms with Crippen LogP contribution in [0.1, 0.15) is 11.1 Å². The van der Waals surface area contributed by atoms with Crippen molar-refractivity contribution < 1.29 is 9.13 Å². The molecule has 1 aromatic heterocycles. The van der Waals surface area contributed by atoms with Crippen LogP contribution in [0.2, 0.25) is 0 Å². The van der Waals surface area contributed by atoms with Crippen molar-refractivity contribution in [1.82, 2.24) is 10.3 Å². The molecule has 0 aliphatic rings. The Balaban J connectivity index is 2.23. The molecule has 1 heterocycles. The van der Waals surface area contributed by atoms with Gasteiger partial charge in [0, 0.05) is 18.3 Å².